The summed E-state index contributed by atoms with van der Waals surface area (Å²) in [6.45, 7) is 5.63. The third kappa shape index (κ3) is 3.76. The molecule has 0 saturated heterocycles. The van der Waals surface area contributed by atoms with Gasteiger partial charge in [-0.15, -0.1) is 0 Å². The summed E-state index contributed by atoms with van der Waals surface area (Å²) in [5, 5.41) is 14.2. The van der Waals surface area contributed by atoms with Gasteiger partial charge in [0.25, 0.3) is 5.69 Å². The summed E-state index contributed by atoms with van der Waals surface area (Å²) in [6, 6.07) is 5.16. The Morgan fingerprint density at radius 2 is 2.19 bits per heavy atom. The molecule has 0 unspecified atom stereocenters. The number of nitro groups is 1. The van der Waals surface area contributed by atoms with Gasteiger partial charge in [0.2, 0.25) is 0 Å². The smallest absolute Gasteiger partial charge is 0.288 e. The number of halogens is 1. The molecule has 112 valence electrons. The highest BCUT2D eigenvalue weighted by molar-refractivity contribution is 6.33. The first-order chi connectivity index (χ1) is 10.0. The summed E-state index contributed by atoms with van der Waals surface area (Å²) in [5.74, 6) is 0. The van der Waals surface area contributed by atoms with Crippen LogP contribution in [0, 0.1) is 17.0 Å². The molecule has 0 aliphatic rings. The Morgan fingerprint density at radius 1 is 1.43 bits per heavy atom. The third-order valence-electron chi connectivity index (χ3n) is 3.27. The van der Waals surface area contributed by atoms with Gasteiger partial charge in [0.1, 0.15) is 5.02 Å². The zero-order chi connectivity index (χ0) is 15.4. The highest BCUT2D eigenvalue weighted by Crippen LogP contribution is 2.30. The van der Waals surface area contributed by atoms with Gasteiger partial charge in [-0.1, -0.05) is 18.5 Å². The fraction of sp³-hybridized carbons (Fsp3) is 0.333. The van der Waals surface area contributed by atoms with Gasteiger partial charge in [-0.2, -0.15) is 0 Å². The average Bonchev–Trinajstić information content (AvgIpc) is 2.87. The summed E-state index contributed by atoms with van der Waals surface area (Å²) >= 11 is 5.94. The number of aryl methyl sites for hydroxylation is 2. The van der Waals surface area contributed by atoms with E-state index in [4.69, 9.17) is 11.6 Å². The van der Waals surface area contributed by atoms with E-state index in [0.717, 1.165) is 29.8 Å². The second kappa shape index (κ2) is 6.63. The molecule has 2 aromatic rings. The fourth-order valence-electron chi connectivity index (χ4n) is 2.19. The molecule has 0 bridgehead atoms. The number of nitrogens with zero attached hydrogens (tertiary/aromatic N) is 2. The SMILES string of the molecule is CCCn1ccc(CNc2cc(Cl)c([N+](=O)[O-])cc2C)c1. The molecule has 1 heterocycles. The molecule has 5 nitrogen and oxygen atoms in total. The Kier molecular flexibility index (Phi) is 4.85. The summed E-state index contributed by atoms with van der Waals surface area (Å²) in [5.41, 5.74) is 2.72. The molecular formula is C15H18ClN3O2. The van der Waals surface area contributed by atoms with E-state index >= 15 is 0 Å². The second-order valence-electron chi connectivity index (χ2n) is 4.99. The Hall–Kier alpha value is -2.01. The Morgan fingerprint density at radius 3 is 2.86 bits per heavy atom. The molecule has 0 amide bonds. The maximum Gasteiger partial charge on any atom is 0.288 e. The third-order valence-corrected chi connectivity index (χ3v) is 3.57. The highest BCUT2D eigenvalue weighted by Gasteiger charge is 2.14. The lowest BCUT2D eigenvalue weighted by Gasteiger charge is -2.09. The summed E-state index contributed by atoms with van der Waals surface area (Å²) < 4.78 is 2.15. The van der Waals surface area contributed by atoms with Crippen LogP contribution in [0.25, 0.3) is 0 Å². The number of nitro benzene ring substituents is 1. The lowest BCUT2D eigenvalue weighted by atomic mass is 10.1. The quantitative estimate of drug-likeness (QED) is 0.636. The molecule has 0 fully saturated rings. The molecule has 0 aliphatic carbocycles. The van der Waals surface area contributed by atoms with Crippen molar-refractivity contribution in [2.45, 2.75) is 33.4 Å². The van der Waals surface area contributed by atoms with E-state index in [1.54, 1.807) is 6.07 Å². The largest absolute Gasteiger partial charge is 0.381 e. The molecule has 2 rings (SSSR count). The zero-order valence-corrected chi connectivity index (χ0v) is 12.9. The number of hydrogen-bond donors (Lipinski definition) is 1. The minimum atomic E-state index is -0.468. The van der Waals surface area contributed by atoms with Crippen LogP contribution in [0.5, 0.6) is 0 Å². The van der Waals surface area contributed by atoms with Gasteiger partial charge in [-0.3, -0.25) is 10.1 Å². The van der Waals surface area contributed by atoms with Crippen molar-refractivity contribution in [3.05, 3.63) is 56.9 Å². The molecule has 0 saturated carbocycles. The molecule has 1 aromatic heterocycles. The van der Waals surface area contributed by atoms with Crippen molar-refractivity contribution in [3.63, 3.8) is 0 Å². The van der Waals surface area contributed by atoms with Crippen LogP contribution < -0.4 is 5.32 Å². The molecule has 0 atom stereocenters. The van der Waals surface area contributed by atoms with Crippen molar-refractivity contribution in [2.24, 2.45) is 0 Å². The van der Waals surface area contributed by atoms with E-state index in [1.807, 2.05) is 6.92 Å². The number of hydrogen-bond acceptors (Lipinski definition) is 3. The van der Waals surface area contributed by atoms with E-state index in [2.05, 4.69) is 35.3 Å². The molecule has 0 aliphatic heterocycles. The van der Waals surface area contributed by atoms with E-state index in [9.17, 15) is 10.1 Å². The number of anilines is 1. The van der Waals surface area contributed by atoms with Gasteiger partial charge >= 0.3 is 0 Å². The van der Waals surface area contributed by atoms with Crippen LogP contribution in [-0.2, 0) is 13.1 Å². The Balaban J connectivity index is 2.09. The van der Waals surface area contributed by atoms with Crippen molar-refractivity contribution in [2.75, 3.05) is 5.32 Å². The van der Waals surface area contributed by atoms with Crippen molar-refractivity contribution < 1.29 is 4.92 Å². The number of nitrogens with one attached hydrogen (secondary N) is 1. The van der Waals surface area contributed by atoms with Gasteiger partial charge in [0.05, 0.1) is 4.92 Å². The maximum absolute atomic E-state index is 10.8. The van der Waals surface area contributed by atoms with E-state index in [-0.39, 0.29) is 10.7 Å². The average molecular weight is 308 g/mol. The molecule has 0 radical (unpaired) electrons. The van der Waals surface area contributed by atoms with Gasteiger partial charge in [0.15, 0.2) is 0 Å². The van der Waals surface area contributed by atoms with E-state index in [0.29, 0.717) is 6.54 Å². The van der Waals surface area contributed by atoms with Gasteiger partial charge in [-0.25, -0.2) is 0 Å². The van der Waals surface area contributed by atoms with Crippen molar-refractivity contribution in [1.29, 1.82) is 0 Å². The first kappa shape index (κ1) is 15.4. The van der Waals surface area contributed by atoms with Crippen LogP contribution in [0.4, 0.5) is 11.4 Å². The molecular weight excluding hydrogens is 290 g/mol. The topological polar surface area (TPSA) is 60.1 Å². The molecule has 1 N–H and O–H groups in total. The first-order valence-corrected chi connectivity index (χ1v) is 7.22. The van der Waals surface area contributed by atoms with Crippen LogP contribution in [0.15, 0.2) is 30.6 Å². The van der Waals surface area contributed by atoms with Crippen LogP contribution >= 0.6 is 11.6 Å². The molecule has 1 aromatic carbocycles. The van der Waals surface area contributed by atoms with Crippen LogP contribution in [0.3, 0.4) is 0 Å². The Labute approximate surface area is 128 Å². The standard InChI is InChI=1S/C15H18ClN3O2/c1-3-5-18-6-4-12(10-18)9-17-14-8-13(16)15(19(20)21)7-11(14)2/h4,6-8,10,17H,3,5,9H2,1-2H3. The lowest BCUT2D eigenvalue weighted by Crippen LogP contribution is -2.02. The predicted octanol–water partition coefficient (Wildman–Crippen LogP) is 4.38. The minimum Gasteiger partial charge on any atom is -0.381 e. The highest BCUT2D eigenvalue weighted by atomic mass is 35.5. The predicted molar refractivity (Wildman–Crippen MR) is 84.9 cm³/mol. The van der Waals surface area contributed by atoms with Crippen LogP contribution in [0.1, 0.15) is 24.5 Å². The number of aromatic nitrogens is 1. The summed E-state index contributed by atoms with van der Waals surface area (Å²) in [7, 11) is 0. The van der Waals surface area contributed by atoms with Crippen molar-refractivity contribution in [3.8, 4) is 0 Å². The normalized spacial score (nSPS) is 10.6. The van der Waals surface area contributed by atoms with Crippen LogP contribution in [0.2, 0.25) is 5.02 Å². The number of rotatable bonds is 6. The van der Waals surface area contributed by atoms with Gasteiger partial charge < -0.3 is 9.88 Å². The van der Waals surface area contributed by atoms with Crippen LogP contribution in [-0.4, -0.2) is 9.49 Å². The van der Waals surface area contributed by atoms with E-state index < -0.39 is 4.92 Å². The second-order valence-corrected chi connectivity index (χ2v) is 5.39. The number of benzene rings is 1. The maximum atomic E-state index is 10.8. The minimum absolute atomic E-state index is 0.0613. The summed E-state index contributed by atoms with van der Waals surface area (Å²) in [4.78, 5) is 10.4. The molecule has 21 heavy (non-hydrogen) atoms. The zero-order valence-electron chi connectivity index (χ0n) is 12.1. The first-order valence-electron chi connectivity index (χ1n) is 6.84. The van der Waals surface area contributed by atoms with E-state index in [1.165, 1.54) is 6.07 Å². The van der Waals surface area contributed by atoms with Crippen molar-refractivity contribution >= 4 is 23.0 Å². The monoisotopic (exact) mass is 307 g/mol. The summed E-state index contributed by atoms with van der Waals surface area (Å²) in [6.07, 6.45) is 5.24. The lowest BCUT2D eigenvalue weighted by molar-refractivity contribution is -0.384. The molecule has 6 heteroatoms. The molecule has 0 spiro atoms. The van der Waals surface area contributed by atoms with Gasteiger partial charge in [0, 0.05) is 37.2 Å². The van der Waals surface area contributed by atoms with Gasteiger partial charge in [-0.05, 0) is 36.6 Å². The van der Waals surface area contributed by atoms with Crippen molar-refractivity contribution in [1.82, 2.24) is 4.57 Å². The fourth-order valence-corrected chi connectivity index (χ4v) is 2.42. The Bertz CT molecular complexity index is 652.